The first-order chi connectivity index (χ1) is 36.6. The number of carbonyl (C=O) groups is 4. The van der Waals surface area contributed by atoms with Crippen molar-refractivity contribution in [1.29, 1.82) is 0 Å². The van der Waals surface area contributed by atoms with Gasteiger partial charge in [-0.3, -0.25) is 14.4 Å². The van der Waals surface area contributed by atoms with Gasteiger partial charge in [-0.25, -0.2) is 4.79 Å². The summed E-state index contributed by atoms with van der Waals surface area (Å²) in [6.07, 6.45) is 48.2. The lowest BCUT2D eigenvalue weighted by molar-refractivity contribution is -0.301. The molecule has 75 heavy (non-hydrogen) atoms. The Labute approximate surface area is 457 Å². The first-order valence-corrected chi connectivity index (χ1v) is 31.0. The Morgan fingerprint density at radius 1 is 0.440 bits per heavy atom. The van der Waals surface area contributed by atoms with E-state index < -0.39 is 67.3 Å². The van der Waals surface area contributed by atoms with Gasteiger partial charge in [0, 0.05) is 19.3 Å². The second-order valence-electron chi connectivity index (χ2n) is 21.3. The number of allylic oxidation sites excluding steroid dienone is 6. The number of carboxylic acid groups (broad SMARTS) is 1. The average molecular weight is 1060 g/mol. The molecule has 0 amide bonds. The van der Waals surface area contributed by atoms with Gasteiger partial charge in [0.15, 0.2) is 24.6 Å². The largest absolute Gasteiger partial charge is 0.479 e. The summed E-state index contributed by atoms with van der Waals surface area (Å²) in [4.78, 5) is 51.2. The fourth-order valence-corrected chi connectivity index (χ4v) is 9.39. The number of carbonyl (C=O) groups excluding carboxylic acids is 3. The van der Waals surface area contributed by atoms with Crippen LogP contribution in [-0.2, 0) is 42.9 Å². The Kier molecular flexibility index (Phi) is 48.2. The second kappa shape index (κ2) is 51.7. The van der Waals surface area contributed by atoms with Crippen LogP contribution >= 0.6 is 0 Å². The van der Waals surface area contributed by atoms with Gasteiger partial charge in [0.05, 0.1) is 6.61 Å². The van der Waals surface area contributed by atoms with Crippen LogP contribution in [0.1, 0.15) is 290 Å². The SMILES string of the molecule is CCCCC/C=C\C/C=C\CCCCCCCC(=O)OC(COC(=O)CCCCCCCCC/C=C\CCCCCCCC)COC1OC(C(=O)O)C(O)C(O)C1OC(=O)CCCCCCCCCCCCCCC. The lowest BCUT2D eigenvalue weighted by Gasteiger charge is -2.40. The van der Waals surface area contributed by atoms with Crippen molar-refractivity contribution in [2.75, 3.05) is 13.2 Å². The molecule has 1 heterocycles. The van der Waals surface area contributed by atoms with Crippen LogP contribution in [0.25, 0.3) is 0 Å². The third kappa shape index (κ3) is 41.7. The first kappa shape index (κ1) is 70.0. The van der Waals surface area contributed by atoms with Crippen molar-refractivity contribution >= 4 is 23.9 Å². The zero-order valence-corrected chi connectivity index (χ0v) is 48.1. The highest BCUT2D eigenvalue weighted by atomic mass is 16.7. The van der Waals surface area contributed by atoms with E-state index >= 15 is 0 Å². The fourth-order valence-electron chi connectivity index (χ4n) is 9.39. The summed E-state index contributed by atoms with van der Waals surface area (Å²) >= 11 is 0. The molecule has 1 aliphatic heterocycles. The van der Waals surface area contributed by atoms with E-state index in [0.29, 0.717) is 19.3 Å². The van der Waals surface area contributed by atoms with Crippen LogP contribution in [0, 0.1) is 0 Å². The molecular formula is C63H112O12. The predicted octanol–water partition coefficient (Wildman–Crippen LogP) is 16.0. The molecule has 0 aromatic heterocycles. The molecule has 0 aliphatic carbocycles. The Bertz CT molecular complexity index is 1450. The number of aliphatic carboxylic acids is 1. The number of rotatable bonds is 53. The van der Waals surface area contributed by atoms with Crippen molar-refractivity contribution < 1.29 is 58.2 Å². The maximum atomic E-state index is 13.2. The van der Waals surface area contributed by atoms with E-state index in [1.807, 2.05) is 0 Å². The van der Waals surface area contributed by atoms with Gasteiger partial charge in [0.1, 0.15) is 18.8 Å². The zero-order valence-electron chi connectivity index (χ0n) is 48.1. The molecule has 1 aliphatic rings. The second-order valence-corrected chi connectivity index (χ2v) is 21.3. The molecule has 0 aromatic rings. The number of unbranched alkanes of at least 4 members (excludes halogenated alkanes) is 33. The van der Waals surface area contributed by atoms with Gasteiger partial charge in [-0.2, -0.15) is 0 Å². The van der Waals surface area contributed by atoms with E-state index in [9.17, 15) is 34.5 Å². The summed E-state index contributed by atoms with van der Waals surface area (Å²) < 4.78 is 28.5. The normalized spacial score (nSPS) is 18.3. The summed E-state index contributed by atoms with van der Waals surface area (Å²) in [5.41, 5.74) is 0. The van der Waals surface area contributed by atoms with E-state index in [4.69, 9.17) is 23.7 Å². The van der Waals surface area contributed by atoms with Crippen LogP contribution in [0.3, 0.4) is 0 Å². The summed E-state index contributed by atoms with van der Waals surface area (Å²) in [7, 11) is 0. The maximum absolute atomic E-state index is 13.2. The maximum Gasteiger partial charge on any atom is 0.335 e. The summed E-state index contributed by atoms with van der Waals surface area (Å²) in [6, 6.07) is 0. The van der Waals surface area contributed by atoms with Gasteiger partial charge in [-0.15, -0.1) is 0 Å². The van der Waals surface area contributed by atoms with Crippen molar-refractivity contribution in [1.82, 2.24) is 0 Å². The molecule has 0 spiro atoms. The Balaban J connectivity index is 2.68. The Morgan fingerprint density at radius 2 is 0.800 bits per heavy atom. The van der Waals surface area contributed by atoms with Crippen molar-refractivity contribution in [3.8, 4) is 0 Å². The van der Waals surface area contributed by atoms with Crippen LogP contribution in [0.5, 0.6) is 0 Å². The highest BCUT2D eigenvalue weighted by Crippen LogP contribution is 2.27. The molecular weight excluding hydrogens is 949 g/mol. The molecule has 12 heteroatoms. The van der Waals surface area contributed by atoms with E-state index in [2.05, 4.69) is 57.2 Å². The van der Waals surface area contributed by atoms with Crippen molar-refractivity contribution in [3.05, 3.63) is 36.5 Å². The minimum Gasteiger partial charge on any atom is -0.479 e. The summed E-state index contributed by atoms with van der Waals surface area (Å²) in [5.74, 6) is -3.12. The van der Waals surface area contributed by atoms with E-state index in [1.165, 1.54) is 135 Å². The minimum atomic E-state index is -1.90. The van der Waals surface area contributed by atoms with Crippen molar-refractivity contribution in [3.63, 3.8) is 0 Å². The molecule has 0 aromatic carbocycles. The molecule has 3 N–H and O–H groups in total. The smallest absolute Gasteiger partial charge is 0.335 e. The summed E-state index contributed by atoms with van der Waals surface area (Å²) in [5, 5.41) is 31.5. The monoisotopic (exact) mass is 1060 g/mol. The molecule has 0 radical (unpaired) electrons. The average Bonchev–Trinajstić information content (AvgIpc) is 3.39. The number of aliphatic hydroxyl groups excluding tert-OH is 2. The topological polar surface area (TPSA) is 175 Å². The lowest BCUT2D eigenvalue weighted by Crippen LogP contribution is -2.61. The molecule has 6 atom stereocenters. The molecule has 1 fully saturated rings. The number of hydrogen-bond acceptors (Lipinski definition) is 11. The Hall–Kier alpha value is -3.06. The zero-order chi connectivity index (χ0) is 54.7. The number of hydrogen-bond donors (Lipinski definition) is 3. The van der Waals surface area contributed by atoms with Gasteiger partial charge in [-0.05, 0) is 77.0 Å². The van der Waals surface area contributed by atoms with E-state index in [1.54, 1.807) is 0 Å². The minimum absolute atomic E-state index is 0.0633. The molecule has 12 nitrogen and oxygen atoms in total. The van der Waals surface area contributed by atoms with Crippen LogP contribution in [0.2, 0.25) is 0 Å². The van der Waals surface area contributed by atoms with Gasteiger partial charge >= 0.3 is 23.9 Å². The predicted molar refractivity (Wildman–Crippen MR) is 303 cm³/mol. The van der Waals surface area contributed by atoms with Gasteiger partial charge < -0.3 is 39.0 Å². The van der Waals surface area contributed by atoms with Crippen LogP contribution < -0.4 is 0 Å². The third-order valence-electron chi connectivity index (χ3n) is 14.2. The fraction of sp³-hybridized carbons (Fsp3) is 0.841. The molecule has 1 saturated heterocycles. The summed E-state index contributed by atoms with van der Waals surface area (Å²) in [6.45, 7) is 5.97. The lowest BCUT2D eigenvalue weighted by atomic mass is 9.98. The van der Waals surface area contributed by atoms with Gasteiger partial charge in [0.2, 0.25) is 0 Å². The standard InChI is InChI=1S/C63H112O12/c1-4-7-10-13-16-19-22-25-27-28-30-32-34-37-40-43-46-49-55(64)71-52-54(73-56(65)50-47-44-41-38-36-33-29-26-23-20-17-14-11-8-5-2)53-72-63-61(59(68)58(67)60(75-63)62(69)70)74-57(66)51-48-45-42-39-35-31-24-21-18-15-12-9-6-3/h17,20,25-27,29,54,58-61,63,67-68H,4-16,18-19,21-24,28,30-53H2,1-3H3,(H,69,70)/b20-17-,27-25-,29-26-. The van der Waals surface area contributed by atoms with E-state index in [-0.39, 0.29) is 25.9 Å². The Morgan fingerprint density at radius 3 is 1.24 bits per heavy atom. The van der Waals surface area contributed by atoms with Crippen LogP contribution in [-0.4, -0.2) is 89.2 Å². The highest BCUT2D eigenvalue weighted by molar-refractivity contribution is 5.74. The molecule has 1 rings (SSSR count). The third-order valence-corrected chi connectivity index (χ3v) is 14.2. The highest BCUT2D eigenvalue weighted by Gasteiger charge is 2.50. The quantitative estimate of drug-likeness (QED) is 0.0228. The van der Waals surface area contributed by atoms with Gasteiger partial charge in [-0.1, -0.05) is 231 Å². The number of esters is 3. The van der Waals surface area contributed by atoms with Crippen LogP contribution in [0.4, 0.5) is 0 Å². The molecule has 436 valence electrons. The van der Waals surface area contributed by atoms with Crippen molar-refractivity contribution in [2.45, 2.75) is 327 Å². The number of carboxylic acids is 1. The number of ether oxygens (including phenoxy) is 5. The van der Waals surface area contributed by atoms with Gasteiger partial charge in [0.25, 0.3) is 0 Å². The van der Waals surface area contributed by atoms with E-state index in [0.717, 1.165) is 96.3 Å². The molecule has 0 bridgehead atoms. The first-order valence-electron chi connectivity index (χ1n) is 31.0. The van der Waals surface area contributed by atoms with Crippen molar-refractivity contribution in [2.24, 2.45) is 0 Å². The van der Waals surface area contributed by atoms with Crippen LogP contribution in [0.15, 0.2) is 36.5 Å². The molecule has 6 unspecified atom stereocenters. The molecule has 0 saturated carbocycles. The number of aliphatic hydroxyl groups is 2.